The highest BCUT2D eigenvalue weighted by molar-refractivity contribution is 6.30. The summed E-state index contributed by atoms with van der Waals surface area (Å²) in [5.74, 6) is 1.06. The summed E-state index contributed by atoms with van der Waals surface area (Å²) in [6.07, 6.45) is 1.59. The summed E-state index contributed by atoms with van der Waals surface area (Å²) in [5, 5.41) is 9.32. The normalized spacial score (nSPS) is 9.74. The molecule has 19 heavy (non-hydrogen) atoms. The second kappa shape index (κ2) is 6.07. The zero-order chi connectivity index (χ0) is 13.7. The van der Waals surface area contributed by atoms with Crippen LogP contribution in [0.5, 0.6) is 11.5 Å². The van der Waals surface area contributed by atoms with E-state index in [-0.39, 0.29) is 0 Å². The molecule has 0 aliphatic rings. The maximum atomic E-state index is 9.00. The number of pyridine rings is 1. The molecule has 2 rings (SSSR count). The van der Waals surface area contributed by atoms with E-state index in [0.29, 0.717) is 28.8 Å². The van der Waals surface area contributed by atoms with E-state index in [1.807, 2.05) is 6.07 Å². The molecular weight excluding hydrogens is 264 g/mol. The summed E-state index contributed by atoms with van der Waals surface area (Å²) in [6, 6.07) is 10.9. The van der Waals surface area contributed by atoms with Crippen LogP contribution in [0.15, 0.2) is 36.5 Å². The van der Waals surface area contributed by atoms with E-state index >= 15 is 0 Å². The second-order valence-electron chi connectivity index (χ2n) is 3.73. The Morgan fingerprint density at radius 1 is 1.32 bits per heavy atom. The Balaban J connectivity index is 2.13. The van der Waals surface area contributed by atoms with Crippen LogP contribution in [0, 0.1) is 11.3 Å². The number of nitrogens with zero attached hydrogens (tertiary/aromatic N) is 2. The van der Waals surface area contributed by atoms with Gasteiger partial charge in [0.25, 0.3) is 0 Å². The minimum absolute atomic E-state index is 0.310. The predicted molar refractivity (Wildman–Crippen MR) is 71.3 cm³/mol. The third-order valence-electron chi connectivity index (χ3n) is 2.50. The molecule has 0 atom stereocenters. The first-order valence-electron chi connectivity index (χ1n) is 5.55. The molecule has 0 aliphatic carbocycles. The fourth-order valence-electron chi connectivity index (χ4n) is 1.57. The van der Waals surface area contributed by atoms with Gasteiger partial charge in [-0.3, -0.25) is 0 Å². The average Bonchev–Trinajstić information content (AvgIpc) is 2.46. The van der Waals surface area contributed by atoms with Gasteiger partial charge in [-0.2, -0.15) is 5.26 Å². The van der Waals surface area contributed by atoms with E-state index in [0.717, 1.165) is 5.56 Å². The molecule has 0 bridgehead atoms. The van der Waals surface area contributed by atoms with Crippen LogP contribution in [0.25, 0.3) is 0 Å². The van der Waals surface area contributed by atoms with Gasteiger partial charge >= 0.3 is 0 Å². The van der Waals surface area contributed by atoms with E-state index in [9.17, 15) is 0 Å². The fraction of sp³-hybridized carbons (Fsp3) is 0.143. The largest absolute Gasteiger partial charge is 0.495 e. The highest BCUT2D eigenvalue weighted by Crippen LogP contribution is 2.23. The van der Waals surface area contributed by atoms with Crippen molar-refractivity contribution in [3.8, 4) is 17.6 Å². The summed E-state index contributed by atoms with van der Waals surface area (Å²) in [7, 11) is 1.53. The van der Waals surface area contributed by atoms with Crippen LogP contribution in [0.1, 0.15) is 11.1 Å². The number of ether oxygens (including phenoxy) is 2. The molecule has 1 aromatic carbocycles. The zero-order valence-electron chi connectivity index (χ0n) is 10.3. The van der Waals surface area contributed by atoms with Gasteiger partial charge in [0, 0.05) is 6.20 Å². The number of halogens is 1. The van der Waals surface area contributed by atoms with Crippen molar-refractivity contribution in [2.75, 3.05) is 7.11 Å². The Morgan fingerprint density at radius 2 is 2.16 bits per heavy atom. The molecule has 0 fully saturated rings. The maximum absolute atomic E-state index is 9.00. The Labute approximate surface area is 116 Å². The topological polar surface area (TPSA) is 55.1 Å². The van der Waals surface area contributed by atoms with Gasteiger partial charge in [-0.15, -0.1) is 0 Å². The van der Waals surface area contributed by atoms with Crippen molar-refractivity contribution >= 4 is 11.6 Å². The monoisotopic (exact) mass is 274 g/mol. The fourth-order valence-corrected chi connectivity index (χ4v) is 1.75. The first-order valence-corrected chi connectivity index (χ1v) is 5.92. The summed E-state index contributed by atoms with van der Waals surface area (Å²) in [4.78, 5) is 3.92. The van der Waals surface area contributed by atoms with Crippen LogP contribution in [-0.4, -0.2) is 12.1 Å². The molecule has 0 unspecified atom stereocenters. The van der Waals surface area contributed by atoms with Crippen LogP contribution in [0.4, 0.5) is 0 Å². The number of hydrogen-bond acceptors (Lipinski definition) is 4. The lowest BCUT2D eigenvalue weighted by molar-refractivity contribution is 0.305. The van der Waals surface area contributed by atoms with E-state index in [1.54, 1.807) is 30.5 Å². The molecule has 5 heteroatoms. The Bertz CT molecular complexity index is 623. The molecule has 1 heterocycles. The van der Waals surface area contributed by atoms with Gasteiger partial charge in [0.15, 0.2) is 10.9 Å². The molecule has 2 aromatic rings. The number of hydrogen-bond donors (Lipinski definition) is 0. The number of rotatable bonds is 4. The smallest absolute Gasteiger partial charge is 0.171 e. The first kappa shape index (κ1) is 13.2. The summed E-state index contributed by atoms with van der Waals surface area (Å²) in [6.45, 7) is 0.310. The highest BCUT2D eigenvalue weighted by Gasteiger charge is 2.06. The summed E-state index contributed by atoms with van der Waals surface area (Å²) < 4.78 is 10.6. The Morgan fingerprint density at radius 3 is 2.84 bits per heavy atom. The van der Waals surface area contributed by atoms with E-state index in [2.05, 4.69) is 11.1 Å². The molecule has 0 saturated heterocycles. The van der Waals surface area contributed by atoms with Crippen molar-refractivity contribution < 1.29 is 9.47 Å². The predicted octanol–water partition coefficient (Wildman–Crippen LogP) is 3.19. The lowest BCUT2D eigenvalue weighted by Crippen LogP contribution is -1.98. The molecule has 0 N–H and O–H groups in total. The van der Waals surface area contributed by atoms with Crippen LogP contribution < -0.4 is 9.47 Å². The number of benzene rings is 1. The standard InChI is InChI=1S/C14H11ClN2O2/c1-18-12-5-4-10(7-11(12)8-16)9-19-13-3-2-6-17-14(13)15/h2-7H,9H2,1H3. The minimum Gasteiger partial charge on any atom is -0.495 e. The quantitative estimate of drug-likeness (QED) is 0.804. The number of nitriles is 1. The van der Waals surface area contributed by atoms with E-state index in [4.69, 9.17) is 26.3 Å². The minimum atomic E-state index is 0.310. The van der Waals surface area contributed by atoms with Crippen LogP contribution in [0.3, 0.4) is 0 Å². The van der Waals surface area contributed by atoms with Gasteiger partial charge in [0.2, 0.25) is 0 Å². The first-order chi connectivity index (χ1) is 9.24. The molecule has 96 valence electrons. The molecule has 0 spiro atoms. The van der Waals surface area contributed by atoms with Gasteiger partial charge in [0.05, 0.1) is 12.7 Å². The van der Waals surface area contributed by atoms with Crippen LogP contribution >= 0.6 is 11.6 Å². The molecule has 1 aromatic heterocycles. The van der Waals surface area contributed by atoms with E-state index < -0.39 is 0 Å². The lowest BCUT2D eigenvalue weighted by atomic mass is 10.1. The van der Waals surface area contributed by atoms with Crippen molar-refractivity contribution in [1.29, 1.82) is 5.26 Å². The Hall–Kier alpha value is -2.25. The molecule has 0 aliphatic heterocycles. The molecule has 4 nitrogen and oxygen atoms in total. The third kappa shape index (κ3) is 3.15. The van der Waals surface area contributed by atoms with Crippen LogP contribution in [-0.2, 0) is 6.61 Å². The average molecular weight is 275 g/mol. The van der Waals surface area contributed by atoms with Crippen molar-refractivity contribution in [3.63, 3.8) is 0 Å². The second-order valence-corrected chi connectivity index (χ2v) is 4.09. The van der Waals surface area contributed by atoms with Crippen molar-refractivity contribution in [2.24, 2.45) is 0 Å². The molecule has 0 amide bonds. The lowest BCUT2D eigenvalue weighted by Gasteiger charge is -2.08. The van der Waals surface area contributed by atoms with Gasteiger partial charge < -0.3 is 9.47 Å². The molecular formula is C14H11ClN2O2. The van der Waals surface area contributed by atoms with Gasteiger partial charge in [-0.25, -0.2) is 4.98 Å². The van der Waals surface area contributed by atoms with Gasteiger partial charge in [0.1, 0.15) is 18.4 Å². The highest BCUT2D eigenvalue weighted by atomic mass is 35.5. The van der Waals surface area contributed by atoms with Crippen molar-refractivity contribution in [1.82, 2.24) is 4.98 Å². The third-order valence-corrected chi connectivity index (χ3v) is 2.79. The summed E-state index contributed by atoms with van der Waals surface area (Å²) in [5.41, 5.74) is 1.33. The van der Waals surface area contributed by atoms with Crippen molar-refractivity contribution in [3.05, 3.63) is 52.8 Å². The maximum Gasteiger partial charge on any atom is 0.171 e. The van der Waals surface area contributed by atoms with E-state index in [1.165, 1.54) is 7.11 Å². The zero-order valence-corrected chi connectivity index (χ0v) is 11.0. The van der Waals surface area contributed by atoms with Gasteiger partial charge in [-0.05, 0) is 29.8 Å². The molecule has 0 saturated carbocycles. The summed E-state index contributed by atoms with van der Waals surface area (Å²) >= 11 is 5.89. The number of methoxy groups -OCH3 is 1. The SMILES string of the molecule is COc1ccc(COc2cccnc2Cl)cc1C#N. The van der Waals surface area contributed by atoms with Gasteiger partial charge in [-0.1, -0.05) is 17.7 Å². The number of aromatic nitrogens is 1. The molecule has 0 radical (unpaired) electrons. The Kier molecular flexibility index (Phi) is 4.22. The van der Waals surface area contributed by atoms with Crippen molar-refractivity contribution in [2.45, 2.75) is 6.61 Å². The van der Waals surface area contributed by atoms with Crippen LogP contribution in [0.2, 0.25) is 5.15 Å².